The summed E-state index contributed by atoms with van der Waals surface area (Å²) < 4.78 is 13.9. The highest BCUT2D eigenvalue weighted by Gasteiger charge is 2.10. The zero-order valence-corrected chi connectivity index (χ0v) is 12.2. The van der Waals surface area contributed by atoms with Gasteiger partial charge in [0, 0.05) is 16.8 Å². The molecule has 17 heavy (non-hydrogen) atoms. The van der Waals surface area contributed by atoms with Crippen LogP contribution in [0.15, 0.2) is 40.4 Å². The van der Waals surface area contributed by atoms with Crippen molar-refractivity contribution in [3.63, 3.8) is 0 Å². The highest BCUT2D eigenvalue weighted by atomic mass is 127. The summed E-state index contributed by atoms with van der Waals surface area (Å²) >= 11 is 9.13. The van der Waals surface area contributed by atoms with Gasteiger partial charge in [-0.3, -0.25) is 0 Å². The van der Waals surface area contributed by atoms with Crippen LogP contribution in [0.4, 0.5) is 10.1 Å². The van der Waals surface area contributed by atoms with Gasteiger partial charge in [0.2, 0.25) is 0 Å². The normalized spacial score (nSPS) is 10.5. The Morgan fingerprint density at radius 2 is 2.18 bits per heavy atom. The molecule has 0 spiro atoms. The van der Waals surface area contributed by atoms with Crippen LogP contribution in [-0.2, 0) is 0 Å². The summed E-state index contributed by atoms with van der Waals surface area (Å²) in [5.41, 5.74) is 6.34. The van der Waals surface area contributed by atoms with Crippen molar-refractivity contribution in [3.05, 3.63) is 44.9 Å². The maximum Gasteiger partial charge on any atom is 0.137 e. The van der Waals surface area contributed by atoms with Crippen LogP contribution < -0.4 is 5.73 Å². The summed E-state index contributed by atoms with van der Waals surface area (Å²) in [6, 6.07) is 6.46. The van der Waals surface area contributed by atoms with E-state index in [0.717, 1.165) is 0 Å². The van der Waals surface area contributed by atoms with Gasteiger partial charge in [0.1, 0.15) is 10.8 Å². The number of benzene rings is 1. The first kappa shape index (κ1) is 12.9. The predicted molar refractivity (Wildman–Crippen MR) is 76.9 cm³/mol. The Kier molecular flexibility index (Phi) is 4.11. The Morgan fingerprint density at radius 3 is 2.88 bits per heavy atom. The number of nitrogen functional groups attached to an aromatic ring is 1. The molecule has 88 valence electrons. The van der Waals surface area contributed by atoms with Crippen molar-refractivity contribution >= 4 is 51.6 Å². The van der Waals surface area contributed by atoms with Crippen LogP contribution in [0.25, 0.3) is 0 Å². The summed E-state index contributed by atoms with van der Waals surface area (Å²) in [5, 5.41) is 1.14. The van der Waals surface area contributed by atoms with Gasteiger partial charge in [-0.15, -0.1) is 0 Å². The fourth-order valence-electron chi connectivity index (χ4n) is 1.18. The van der Waals surface area contributed by atoms with E-state index in [2.05, 4.69) is 4.98 Å². The Bertz CT molecular complexity index is 565. The third kappa shape index (κ3) is 3.02. The molecule has 0 radical (unpaired) electrons. The van der Waals surface area contributed by atoms with Crippen LogP contribution in [0, 0.1) is 9.39 Å². The van der Waals surface area contributed by atoms with Crippen LogP contribution in [0.2, 0.25) is 5.02 Å². The molecule has 2 aromatic rings. The first-order valence-electron chi connectivity index (χ1n) is 4.61. The van der Waals surface area contributed by atoms with Gasteiger partial charge < -0.3 is 5.73 Å². The third-order valence-corrected chi connectivity index (χ3v) is 4.32. The van der Waals surface area contributed by atoms with Crippen LogP contribution in [0.1, 0.15) is 0 Å². The quantitative estimate of drug-likeness (QED) is 0.626. The van der Waals surface area contributed by atoms with Crippen LogP contribution >= 0.6 is 46.0 Å². The van der Waals surface area contributed by atoms with Crippen molar-refractivity contribution in [2.45, 2.75) is 9.92 Å². The predicted octanol–water partition coefficient (Wildman–Crippen LogP) is 4.21. The zero-order valence-electron chi connectivity index (χ0n) is 8.45. The minimum absolute atomic E-state index is 0.297. The Hall–Kier alpha value is -0.530. The van der Waals surface area contributed by atoms with Crippen molar-refractivity contribution < 1.29 is 4.39 Å². The molecule has 2 N–H and O–H groups in total. The standard InChI is InChI=1S/C11H7ClFIN2S/c12-6-2-1-3-16-11(6)17-10-4-7(13)8(14)5-9(10)15/h1-5H,15H2. The highest BCUT2D eigenvalue weighted by molar-refractivity contribution is 14.1. The van der Waals surface area contributed by atoms with E-state index in [1.54, 1.807) is 24.4 Å². The van der Waals surface area contributed by atoms with Crippen LogP contribution in [0.3, 0.4) is 0 Å². The van der Waals surface area contributed by atoms with Gasteiger partial charge in [0.25, 0.3) is 0 Å². The highest BCUT2D eigenvalue weighted by Crippen LogP contribution is 2.35. The van der Waals surface area contributed by atoms with Gasteiger partial charge in [0.15, 0.2) is 0 Å². The number of hydrogen-bond donors (Lipinski definition) is 1. The number of pyridine rings is 1. The molecule has 0 saturated heterocycles. The molecule has 0 fully saturated rings. The number of aromatic nitrogens is 1. The Balaban J connectivity index is 2.37. The van der Waals surface area contributed by atoms with Crippen LogP contribution in [-0.4, -0.2) is 4.98 Å². The third-order valence-electron chi connectivity index (χ3n) is 1.98. The molecule has 0 aliphatic carbocycles. The maximum atomic E-state index is 13.4. The van der Waals surface area contributed by atoms with Gasteiger partial charge >= 0.3 is 0 Å². The van der Waals surface area contributed by atoms with Crippen molar-refractivity contribution in [2.24, 2.45) is 0 Å². The summed E-state index contributed by atoms with van der Waals surface area (Å²) in [6.07, 6.45) is 1.63. The Morgan fingerprint density at radius 1 is 1.41 bits per heavy atom. The molecule has 1 aromatic heterocycles. The molecule has 0 unspecified atom stereocenters. The molecule has 2 rings (SSSR count). The maximum absolute atomic E-state index is 13.4. The van der Waals surface area contributed by atoms with Crippen molar-refractivity contribution in [1.29, 1.82) is 0 Å². The van der Waals surface area contributed by atoms with E-state index in [4.69, 9.17) is 17.3 Å². The molecular weight excluding hydrogens is 374 g/mol. The van der Waals surface area contributed by atoms with Gasteiger partial charge in [-0.2, -0.15) is 0 Å². The van der Waals surface area contributed by atoms with Crippen LogP contribution in [0.5, 0.6) is 0 Å². The monoisotopic (exact) mass is 380 g/mol. The molecule has 0 amide bonds. The van der Waals surface area contributed by atoms with E-state index in [0.29, 0.717) is 24.2 Å². The van der Waals surface area contributed by atoms with Gasteiger partial charge in [-0.25, -0.2) is 9.37 Å². The largest absolute Gasteiger partial charge is 0.398 e. The van der Waals surface area contributed by atoms with E-state index >= 15 is 0 Å². The summed E-state index contributed by atoms with van der Waals surface area (Å²) in [4.78, 5) is 4.73. The minimum Gasteiger partial charge on any atom is -0.398 e. The number of nitrogens with two attached hydrogens (primary N) is 1. The molecule has 1 heterocycles. The first-order valence-corrected chi connectivity index (χ1v) is 6.88. The molecule has 0 aliphatic rings. The van der Waals surface area contributed by atoms with Crippen molar-refractivity contribution in [2.75, 3.05) is 5.73 Å². The van der Waals surface area contributed by atoms with Gasteiger partial charge in [0.05, 0.1) is 8.59 Å². The molecule has 0 aliphatic heterocycles. The second-order valence-electron chi connectivity index (χ2n) is 3.20. The Labute approximate surface area is 121 Å². The number of halogens is 3. The number of anilines is 1. The lowest BCUT2D eigenvalue weighted by Gasteiger charge is -2.07. The molecular formula is C11H7ClFIN2S. The first-order chi connectivity index (χ1) is 8.08. The van der Waals surface area contributed by atoms with Crippen molar-refractivity contribution in [1.82, 2.24) is 4.98 Å². The number of hydrogen-bond acceptors (Lipinski definition) is 3. The summed E-state index contributed by atoms with van der Waals surface area (Å²) in [6.45, 7) is 0. The fraction of sp³-hybridized carbons (Fsp3) is 0. The lowest BCUT2D eigenvalue weighted by atomic mass is 10.3. The molecule has 6 heteroatoms. The zero-order chi connectivity index (χ0) is 12.4. The number of rotatable bonds is 2. The van der Waals surface area contributed by atoms with E-state index < -0.39 is 0 Å². The number of nitrogens with zero attached hydrogens (tertiary/aromatic N) is 1. The molecule has 2 nitrogen and oxygen atoms in total. The van der Waals surface area contributed by atoms with Crippen molar-refractivity contribution in [3.8, 4) is 0 Å². The summed E-state index contributed by atoms with van der Waals surface area (Å²) in [7, 11) is 0. The molecule has 1 aromatic carbocycles. The lowest BCUT2D eigenvalue weighted by Crippen LogP contribution is -1.93. The fourth-order valence-corrected chi connectivity index (χ4v) is 2.74. The van der Waals surface area contributed by atoms with Gasteiger partial charge in [-0.05, 0) is 46.9 Å². The molecule has 0 saturated carbocycles. The second-order valence-corrected chi connectivity index (χ2v) is 5.80. The average Bonchev–Trinajstić information content (AvgIpc) is 2.29. The second kappa shape index (κ2) is 5.41. The van der Waals surface area contributed by atoms with E-state index in [1.807, 2.05) is 22.6 Å². The average molecular weight is 381 g/mol. The van der Waals surface area contributed by atoms with E-state index in [-0.39, 0.29) is 5.82 Å². The smallest absolute Gasteiger partial charge is 0.137 e. The minimum atomic E-state index is -0.297. The summed E-state index contributed by atoms with van der Waals surface area (Å²) in [5.74, 6) is -0.297. The molecule has 0 bridgehead atoms. The van der Waals surface area contributed by atoms with Gasteiger partial charge in [-0.1, -0.05) is 23.4 Å². The van der Waals surface area contributed by atoms with E-state index in [1.165, 1.54) is 17.8 Å². The topological polar surface area (TPSA) is 38.9 Å². The molecule has 0 atom stereocenters. The SMILES string of the molecule is Nc1cc(I)c(F)cc1Sc1ncccc1Cl. The van der Waals surface area contributed by atoms with E-state index in [9.17, 15) is 4.39 Å². The lowest BCUT2D eigenvalue weighted by molar-refractivity contribution is 0.617.